The van der Waals surface area contributed by atoms with Gasteiger partial charge < -0.3 is 14.7 Å². The maximum atomic E-state index is 14.1. The monoisotopic (exact) mass is 517 g/mol. The highest BCUT2D eigenvalue weighted by molar-refractivity contribution is 6.30. The number of ether oxygens (including phenoxy) is 1. The summed E-state index contributed by atoms with van der Waals surface area (Å²) in [6.07, 6.45) is 0.828. The molecule has 1 aliphatic rings. The minimum Gasteiger partial charge on any atom is -0.487 e. The van der Waals surface area contributed by atoms with E-state index in [0.717, 1.165) is 22.1 Å². The smallest absolute Gasteiger partial charge is 0.323 e. The van der Waals surface area contributed by atoms with E-state index in [0.29, 0.717) is 24.2 Å². The molecule has 1 amide bonds. The van der Waals surface area contributed by atoms with Gasteiger partial charge in [0.2, 0.25) is 5.91 Å². The van der Waals surface area contributed by atoms with Crippen molar-refractivity contribution in [2.45, 2.75) is 38.3 Å². The number of fused-ring (bicyclic) bond motifs is 1. The first-order chi connectivity index (χ1) is 17.0. The van der Waals surface area contributed by atoms with Crippen LogP contribution < -0.4 is 4.74 Å². The predicted molar refractivity (Wildman–Crippen MR) is 127 cm³/mol. The maximum Gasteiger partial charge on any atom is 0.323 e. The molecule has 0 aliphatic carbocycles. The van der Waals surface area contributed by atoms with Gasteiger partial charge in [0.25, 0.3) is 0 Å². The lowest BCUT2D eigenvalue weighted by Gasteiger charge is -2.24. The summed E-state index contributed by atoms with van der Waals surface area (Å²) >= 11 is 5.77. The predicted octanol–water partition coefficient (Wildman–Crippen LogP) is 5.35. The van der Waals surface area contributed by atoms with Crippen LogP contribution in [0.15, 0.2) is 54.6 Å². The van der Waals surface area contributed by atoms with Gasteiger partial charge in [0.1, 0.15) is 23.7 Å². The number of amides is 1. The Kier molecular flexibility index (Phi) is 7.26. The Hall–Kier alpha value is -3.52. The summed E-state index contributed by atoms with van der Waals surface area (Å²) < 4.78 is 47.7. The Morgan fingerprint density at radius 2 is 1.81 bits per heavy atom. The molecule has 188 valence electrons. The lowest BCUT2D eigenvalue weighted by molar-refractivity contribution is -0.144. The van der Waals surface area contributed by atoms with Gasteiger partial charge in [-0.2, -0.15) is 0 Å². The summed E-state index contributed by atoms with van der Waals surface area (Å²) in [5.41, 5.74) is 1.48. The van der Waals surface area contributed by atoms with Crippen molar-refractivity contribution in [2.24, 2.45) is 0 Å². The van der Waals surface area contributed by atoms with Crippen LogP contribution in [-0.2, 0) is 35.4 Å². The van der Waals surface area contributed by atoms with Crippen molar-refractivity contribution in [3.05, 3.63) is 99.3 Å². The molecule has 3 aromatic rings. The summed E-state index contributed by atoms with van der Waals surface area (Å²) in [6, 6.07) is 13.4. The normalized spacial score (nSPS) is 16.4. The van der Waals surface area contributed by atoms with Gasteiger partial charge in [-0.25, -0.2) is 13.2 Å². The fraction of sp³-hybridized carbons (Fsp3) is 0.259. The molecule has 1 atom stereocenters. The molecule has 5 nitrogen and oxygen atoms in total. The maximum absolute atomic E-state index is 14.1. The summed E-state index contributed by atoms with van der Waals surface area (Å²) in [4.78, 5) is 25.2. The molecule has 0 saturated carbocycles. The van der Waals surface area contributed by atoms with Gasteiger partial charge in [-0.1, -0.05) is 41.9 Å². The molecule has 0 fully saturated rings. The minimum absolute atomic E-state index is 0.0471. The second kappa shape index (κ2) is 10.2. The molecule has 4 rings (SSSR count). The fourth-order valence-electron chi connectivity index (χ4n) is 4.42. The SMILES string of the molecule is C[C@]1(Cc2ccc(Cl)c(F)c2)Cc2cc(CC(=O)N(CC(=O)O)Cc3cccc(F)c3F)ccc2O1. The van der Waals surface area contributed by atoms with E-state index in [1.54, 1.807) is 18.2 Å². The van der Waals surface area contributed by atoms with Crippen molar-refractivity contribution >= 4 is 23.5 Å². The Labute approximate surface area is 211 Å². The van der Waals surface area contributed by atoms with E-state index in [1.807, 2.05) is 13.0 Å². The topological polar surface area (TPSA) is 66.8 Å². The number of hydrogen-bond donors (Lipinski definition) is 1. The number of halogens is 4. The van der Waals surface area contributed by atoms with Crippen molar-refractivity contribution in [2.75, 3.05) is 6.54 Å². The van der Waals surface area contributed by atoms with Crippen LogP contribution in [-0.4, -0.2) is 34.0 Å². The molecule has 0 bridgehead atoms. The van der Waals surface area contributed by atoms with E-state index in [9.17, 15) is 27.9 Å². The molecule has 0 saturated heterocycles. The standard InChI is InChI=1S/C27H23ClF3NO4/c1-27(12-17-5-7-20(28)22(30)10-17)13-19-9-16(6-8-23(19)36-27)11-24(33)32(15-25(34)35)14-18-3-2-4-21(29)26(18)31/h2-10H,11-15H2,1H3,(H,34,35)/t27-/m0/s1. The van der Waals surface area contributed by atoms with Crippen molar-refractivity contribution in [1.29, 1.82) is 0 Å². The van der Waals surface area contributed by atoms with E-state index < -0.39 is 41.5 Å². The fourth-order valence-corrected chi connectivity index (χ4v) is 4.54. The lowest BCUT2D eigenvalue weighted by Crippen LogP contribution is -2.36. The zero-order valence-electron chi connectivity index (χ0n) is 19.4. The van der Waals surface area contributed by atoms with E-state index in [1.165, 1.54) is 24.3 Å². The number of benzene rings is 3. The van der Waals surface area contributed by atoms with Gasteiger partial charge in [0.05, 0.1) is 11.4 Å². The second-order valence-corrected chi connectivity index (χ2v) is 9.54. The van der Waals surface area contributed by atoms with Crippen LogP contribution in [0.25, 0.3) is 0 Å². The van der Waals surface area contributed by atoms with Crippen LogP contribution in [0.2, 0.25) is 5.02 Å². The third-order valence-electron chi connectivity index (χ3n) is 6.03. The second-order valence-electron chi connectivity index (χ2n) is 9.13. The van der Waals surface area contributed by atoms with Crippen molar-refractivity contribution in [3.63, 3.8) is 0 Å². The third-order valence-corrected chi connectivity index (χ3v) is 6.34. The summed E-state index contributed by atoms with van der Waals surface area (Å²) in [5, 5.41) is 9.28. The van der Waals surface area contributed by atoms with E-state index in [4.69, 9.17) is 16.3 Å². The number of carboxylic acid groups (broad SMARTS) is 1. The molecule has 1 N–H and O–H groups in total. The van der Waals surface area contributed by atoms with E-state index >= 15 is 0 Å². The zero-order valence-corrected chi connectivity index (χ0v) is 20.1. The number of carboxylic acids is 1. The lowest BCUT2D eigenvalue weighted by atomic mass is 9.91. The highest BCUT2D eigenvalue weighted by Gasteiger charge is 2.35. The first kappa shape index (κ1) is 25.6. The molecular formula is C27H23ClF3NO4. The number of carbonyl (C=O) groups excluding carboxylic acids is 1. The number of hydrogen-bond acceptors (Lipinski definition) is 3. The largest absolute Gasteiger partial charge is 0.487 e. The molecule has 0 spiro atoms. The molecule has 0 aromatic heterocycles. The molecule has 36 heavy (non-hydrogen) atoms. The molecule has 0 radical (unpaired) electrons. The third kappa shape index (κ3) is 5.82. The number of aliphatic carboxylic acids is 1. The summed E-state index contributed by atoms with van der Waals surface area (Å²) in [5.74, 6) is -3.85. The van der Waals surface area contributed by atoms with Gasteiger partial charge >= 0.3 is 5.97 Å². The van der Waals surface area contributed by atoms with Crippen LogP contribution in [0.5, 0.6) is 5.75 Å². The van der Waals surface area contributed by atoms with Gasteiger partial charge in [-0.3, -0.25) is 9.59 Å². The summed E-state index contributed by atoms with van der Waals surface area (Å²) in [6.45, 7) is 0.879. The number of carbonyl (C=O) groups is 2. The van der Waals surface area contributed by atoms with Gasteiger partial charge in [-0.05, 0) is 47.9 Å². The number of nitrogens with zero attached hydrogens (tertiary/aromatic N) is 1. The Morgan fingerprint density at radius 1 is 1.06 bits per heavy atom. The van der Waals surface area contributed by atoms with Crippen LogP contribution in [0.1, 0.15) is 29.2 Å². The average Bonchev–Trinajstić information content (AvgIpc) is 3.13. The Bertz CT molecular complexity index is 1330. The Morgan fingerprint density at radius 3 is 2.53 bits per heavy atom. The molecule has 1 aliphatic heterocycles. The first-order valence-electron chi connectivity index (χ1n) is 11.2. The van der Waals surface area contributed by atoms with Crippen molar-refractivity contribution < 1.29 is 32.6 Å². The van der Waals surface area contributed by atoms with E-state index in [-0.39, 0.29) is 23.6 Å². The van der Waals surface area contributed by atoms with Crippen molar-refractivity contribution in [3.8, 4) is 5.75 Å². The molecule has 3 aromatic carbocycles. The molecule has 9 heteroatoms. The minimum atomic E-state index is -1.27. The van der Waals surface area contributed by atoms with Gasteiger partial charge in [-0.15, -0.1) is 0 Å². The summed E-state index contributed by atoms with van der Waals surface area (Å²) in [7, 11) is 0. The Balaban J connectivity index is 1.47. The highest BCUT2D eigenvalue weighted by Crippen LogP contribution is 2.38. The number of rotatable bonds is 8. The average molecular weight is 518 g/mol. The molecular weight excluding hydrogens is 495 g/mol. The molecule has 0 unspecified atom stereocenters. The zero-order chi connectivity index (χ0) is 26.0. The molecule has 1 heterocycles. The van der Waals surface area contributed by atoms with E-state index in [2.05, 4.69) is 0 Å². The van der Waals surface area contributed by atoms with Crippen LogP contribution >= 0.6 is 11.6 Å². The van der Waals surface area contributed by atoms with Gasteiger partial charge in [0, 0.05) is 24.9 Å². The van der Waals surface area contributed by atoms with Crippen LogP contribution in [0.3, 0.4) is 0 Å². The van der Waals surface area contributed by atoms with Crippen LogP contribution in [0, 0.1) is 17.5 Å². The first-order valence-corrected chi connectivity index (χ1v) is 11.6. The van der Waals surface area contributed by atoms with Crippen molar-refractivity contribution in [1.82, 2.24) is 4.90 Å². The van der Waals surface area contributed by atoms with Crippen LogP contribution in [0.4, 0.5) is 13.2 Å². The highest BCUT2D eigenvalue weighted by atomic mass is 35.5. The quantitative estimate of drug-likeness (QED) is 0.437. The van der Waals surface area contributed by atoms with Gasteiger partial charge in [0.15, 0.2) is 11.6 Å².